The molecule has 31 heavy (non-hydrogen) atoms. The fraction of sp³-hybridized carbons (Fsp3) is 0.217. The van der Waals surface area contributed by atoms with E-state index in [-0.39, 0.29) is 18.4 Å². The number of thiazole rings is 1. The molecule has 6 nitrogen and oxygen atoms in total. The van der Waals surface area contributed by atoms with E-state index < -0.39 is 0 Å². The maximum Gasteiger partial charge on any atom is 0.247 e. The fourth-order valence-corrected chi connectivity index (χ4v) is 4.29. The zero-order valence-corrected chi connectivity index (χ0v) is 18.1. The van der Waals surface area contributed by atoms with Crippen molar-refractivity contribution in [3.05, 3.63) is 76.6 Å². The highest BCUT2D eigenvalue weighted by molar-refractivity contribution is 7.13. The van der Waals surface area contributed by atoms with Crippen LogP contribution in [0.4, 0.5) is 0 Å². The maximum atomic E-state index is 13.0. The molecule has 2 aromatic heterocycles. The average Bonchev–Trinajstić information content (AvgIpc) is 3.33. The Labute approximate surface area is 188 Å². The highest BCUT2D eigenvalue weighted by atomic mass is 35.5. The van der Waals surface area contributed by atoms with E-state index in [0.717, 1.165) is 34.7 Å². The van der Waals surface area contributed by atoms with E-state index in [4.69, 9.17) is 16.0 Å². The molecule has 2 heterocycles. The predicted molar refractivity (Wildman–Crippen MR) is 120 cm³/mol. The molecule has 8 heteroatoms. The first kappa shape index (κ1) is 19.9. The first-order valence-electron chi connectivity index (χ1n) is 10.0. The molecule has 0 bridgehead atoms. The predicted octanol–water partition coefficient (Wildman–Crippen LogP) is 5.25. The third-order valence-electron chi connectivity index (χ3n) is 5.08. The summed E-state index contributed by atoms with van der Waals surface area (Å²) in [6.45, 7) is 0.305. The first-order valence-corrected chi connectivity index (χ1v) is 11.3. The zero-order valence-electron chi connectivity index (χ0n) is 16.6. The SMILES string of the molecule is O=C(Cc1csc(-c2ccccc2)n1)N(Cc1nnc(-c2ccc(Cl)cc2)o1)C1CC1. The van der Waals surface area contributed by atoms with Gasteiger partial charge in [-0.05, 0) is 37.1 Å². The second-order valence-corrected chi connectivity index (χ2v) is 8.74. The van der Waals surface area contributed by atoms with Crippen molar-refractivity contribution in [2.24, 2.45) is 0 Å². The van der Waals surface area contributed by atoms with Gasteiger partial charge in [-0.3, -0.25) is 4.79 Å². The Morgan fingerprint density at radius 1 is 1.06 bits per heavy atom. The average molecular weight is 451 g/mol. The minimum Gasteiger partial charge on any atom is -0.419 e. The van der Waals surface area contributed by atoms with Crippen LogP contribution >= 0.6 is 22.9 Å². The number of hydrogen-bond acceptors (Lipinski definition) is 6. The summed E-state index contributed by atoms with van der Waals surface area (Å²) in [6.07, 6.45) is 2.25. The van der Waals surface area contributed by atoms with Crippen LogP contribution < -0.4 is 0 Å². The van der Waals surface area contributed by atoms with E-state index >= 15 is 0 Å². The molecule has 1 aliphatic rings. The summed E-state index contributed by atoms with van der Waals surface area (Å²) in [5.74, 6) is 0.869. The van der Waals surface area contributed by atoms with E-state index in [0.29, 0.717) is 23.3 Å². The molecule has 1 aliphatic carbocycles. The molecule has 0 unspecified atom stereocenters. The molecule has 156 valence electrons. The molecule has 0 N–H and O–H groups in total. The van der Waals surface area contributed by atoms with E-state index in [1.165, 1.54) is 0 Å². The van der Waals surface area contributed by atoms with Crippen LogP contribution in [-0.4, -0.2) is 32.0 Å². The van der Waals surface area contributed by atoms with E-state index in [1.807, 2.05) is 52.7 Å². The number of carbonyl (C=O) groups is 1. The highest BCUT2D eigenvalue weighted by Crippen LogP contribution is 2.30. The lowest BCUT2D eigenvalue weighted by Gasteiger charge is -2.20. The molecule has 1 fully saturated rings. The Kier molecular flexibility index (Phi) is 5.53. The molecular weight excluding hydrogens is 432 g/mol. The Morgan fingerprint density at radius 3 is 2.58 bits per heavy atom. The number of carbonyl (C=O) groups excluding carboxylic acids is 1. The number of rotatable bonds is 7. The van der Waals surface area contributed by atoms with Crippen molar-refractivity contribution in [3.63, 3.8) is 0 Å². The third kappa shape index (κ3) is 4.68. The van der Waals surface area contributed by atoms with Crippen LogP contribution in [0.2, 0.25) is 5.02 Å². The summed E-state index contributed by atoms with van der Waals surface area (Å²) in [7, 11) is 0. The van der Waals surface area contributed by atoms with Crippen molar-refractivity contribution >= 4 is 28.8 Å². The Hall–Kier alpha value is -3.03. The number of amides is 1. The summed E-state index contributed by atoms with van der Waals surface area (Å²) in [5, 5.41) is 11.8. The molecule has 0 spiro atoms. The van der Waals surface area contributed by atoms with Crippen molar-refractivity contribution in [1.82, 2.24) is 20.1 Å². The Morgan fingerprint density at radius 2 is 1.84 bits per heavy atom. The van der Waals surface area contributed by atoms with Gasteiger partial charge < -0.3 is 9.32 Å². The van der Waals surface area contributed by atoms with Gasteiger partial charge in [-0.2, -0.15) is 0 Å². The largest absolute Gasteiger partial charge is 0.419 e. The monoisotopic (exact) mass is 450 g/mol. The van der Waals surface area contributed by atoms with Crippen LogP contribution in [0.1, 0.15) is 24.4 Å². The van der Waals surface area contributed by atoms with Crippen LogP contribution in [0.3, 0.4) is 0 Å². The van der Waals surface area contributed by atoms with Gasteiger partial charge >= 0.3 is 0 Å². The first-order chi connectivity index (χ1) is 15.2. The lowest BCUT2D eigenvalue weighted by molar-refractivity contribution is -0.132. The van der Waals surface area contributed by atoms with Gasteiger partial charge in [0.15, 0.2) is 0 Å². The molecule has 4 aromatic rings. The maximum absolute atomic E-state index is 13.0. The standard InChI is InChI=1S/C23H19ClN4O2S/c24-17-8-6-15(7-9-17)22-27-26-20(30-22)13-28(19-10-11-19)21(29)12-18-14-31-23(25-18)16-4-2-1-3-5-16/h1-9,14,19H,10-13H2. The number of benzene rings is 2. The molecule has 0 radical (unpaired) electrons. The highest BCUT2D eigenvalue weighted by Gasteiger charge is 2.34. The lowest BCUT2D eigenvalue weighted by Crippen LogP contribution is -2.34. The van der Waals surface area contributed by atoms with Gasteiger partial charge in [0.25, 0.3) is 0 Å². The topological polar surface area (TPSA) is 72.1 Å². The van der Waals surface area contributed by atoms with Gasteiger partial charge in [-0.15, -0.1) is 21.5 Å². The molecular formula is C23H19ClN4O2S. The molecule has 1 amide bonds. The minimum atomic E-state index is 0.0265. The van der Waals surface area contributed by atoms with Crippen LogP contribution in [0.15, 0.2) is 64.4 Å². The smallest absolute Gasteiger partial charge is 0.247 e. The summed E-state index contributed by atoms with van der Waals surface area (Å²) >= 11 is 7.49. The quantitative estimate of drug-likeness (QED) is 0.384. The van der Waals surface area contributed by atoms with Gasteiger partial charge in [-0.25, -0.2) is 4.98 Å². The third-order valence-corrected chi connectivity index (χ3v) is 6.27. The van der Waals surface area contributed by atoms with Crippen LogP contribution in [0.25, 0.3) is 22.0 Å². The second-order valence-electron chi connectivity index (χ2n) is 7.45. The number of nitrogens with zero attached hydrogens (tertiary/aromatic N) is 4. The molecule has 0 atom stereocenters. The van der Waals surface area contributed by atoms with Crippen molar-refractivity contribution in [2.45, 2.75) is 31.8 Å². The van der Waals surface area contributed by atoms with Gasteiger partial charge in [0.05, 0.1) is 18.7 Å². The number of hydrogen-bond donors (Lipinski definition) is 0. The summed E-state index contributed by atoms with van der Waals surface area (Å²) < 4.78 is 5.81. The van der Waals surface area contributed by atoms with Gasteiger partial charge in [0.1, 0.15) is 5.01 Å². The lowest BCUT2D eigenvalue weighted by atomic mass is 10.2. The summed E-state index contributed by atoms with van der Waals surface area (Å²) in [4.78, 5) is 19.5. The van der Waals surface area contributed by atoms with Crippen LogP contribution in [-0.2, 0) is 17.8 Å². The number of halogens is 1. The summed E-state index contributed by atoms with van der Waals surface area (Å²) in [6, 6.07) is 17.4. The van der Waals surface area contributed by atoms with Gasteiger partial charge in [0.2, 0.25) is 17.7 Å². The van der Waals surface area contributed by atoms with E-state index in [2.05, 4.69) is 15.2 Å². The number of aromatic nitrogens is 3. The minimum absolute atomic E-state index is 0.0265. The molecule has 2 aromatic carbocycles. The van der Waals surface area contributed by atoms with Crippen molar-refractivity contribution in [3.8, 4) is 22.0 Å². The van der Waals surface area contributed by atoms with Crippen molar-refractivity contribution in [1.29, 1.82) is 0 Å². The molecule has 1 saturated carbocycles. The zero-order chi connectivity index (χ0) is 21.2. The van der Waals surface area contributed by atoms with Crippen molar-refractivity contribution in [2.75, 3.05) is 0 Å². The van der Waals surface area contributed by atoms with E-state index in [9.17, 15) is 4.79 Å². The van der Waals surface area contributed by atoms with Crippen LogP contribution in [0.5, 0.6) is 0 Å². The molecule has 5 rings (SSSR count). The van der Waals surface area contributed by atoms with Crippen LogP contribution in [0, 0.1) is 0 Å². The molecule has 0 aliphatic heterocycles. The summed E-state index contributed by atoms with van der Waals surface area (Å²) in [5.41, 5.74) is 2.64. The van der Waals surface area contributed by atoms with Gasteiger partial charge in [-0.1, -0.05) is 41.9 Å². The van der Waals surface area contributed by atoms with E-state index in [1.54, 1.807) is 23.5 Å². The van der Waals surface area contributed by atoms with Crippen molar-refractivity contribution < 1.29 is 9.21 Å². The fourth-order valence-electron chi connectivity index (χ4n) is 3.34. The Balaban J connectivity index is 1.28. The Bertz CT molecular complexity index is 1190. The van der Waals surface area contributed by atoms with Gasteiger partial charge in [0, 0.05) is 27.6 Å². The normalized spacial score (nSPS) is 13.3. The second kappa shape index (κ2) is 8.61. The molecule has 0 saturated heterocycles.